The average Bonchev–Trinajstić information content (AvgIpc) is 2.96. The van der Waals surface area contributed by atoms with Crippen LogP contribution in [0.15, 0.2) is 0 Å². The normalized spacial score (nSPS) is 20.5. The molecule has 0 aromatic heterocycles. The maximum Gasteiger partial charge on any atom is 0.0657 e. The molecule has 0 radical (unpaired) electrons. The third kappa shape index (κ3) is 22.0. The molecule has 308 valence electrons. The highest BCUT2D eigenvalue weighted by atomic mass is 16.5. The van der Waals surface area contributed by atoms with E-state index in [1.807, 2.05) is 0 Å². The molecule has 6 atom stereocenters. The van der Waals surface area contributed by atoms with Crippen molar-refractivity contribution < 1.29 is 18.9 Å². The van der Waals surface area contributed by atoms with Crippen LogP contribution < -0.4 is 22.9 Å². The van der Waals surface area contributed by atoms with Gasteiger partial charge in [-0.2, -0.15) is 0 Å². The Morgan fingerprint density at radius 3 is 0.922 bits per heavy atom. The Balaban J connectivity index is 7.20. The van der Waals surface area contributed by atoms with Crippen molar-refractivity contribution in [3.8, 4) is 0 Å². The summed E-state index contributed by atoms with van der Waals surface area (Å²) in [5.41, 5.74) is 22.9. The van der Waals surface area contributed by atoms with Crippen LogP contribution in [0.5, 0.6) is 0 Å². The van der Waals surface area contributed by atoms with Gasteiger partial charge in [0.1, 0.15) is 0 Å². The molecule has 0 spiro atoms. The molecule has 0 saturated heterocycles. The molecule has 0 fully saturated rings. The fourth-order valence-electron chi connectivity index (χ4n) is 7.33. The second kappa shape index (κ2) is 21.1. The molecule has 6 unspecified atom stereocenters. The van der Waals surface area contributed by atoms with Gasteiger partial charge in [0.15, 0.2) is 0 Å². The lowest BCUT2D eigenvalue weighted by molar-refractivity contribution is -0.160. The molecule has 51 heavy (non-hydrogen) atoms. The van der Waals surface area contributed by atoms with E-state index in [0.717, 1.165) is 83.5 Å². The zero-order valence-electron chi connectivity index (χ0n) is 37.1. The SMILES string of the molecule is CCC(C)(CC(CC(C)(CC)OCCC(C)(C)N)(CC(C)(CC)OCCC(C)(C)N)CC(C)(CC)OCCC(C)(C)N)OCCCC(C)C(C)N. The van der Waals surface area contributed by atoms with Crippen molar-refractivity contribution in [1.29, 1.82) is 0 Å². The van der Waals surface area contributed by atoms with E-state index in [0.29, 0.717) is 32.3 Å². The van der Waals surface area contributed by atoms with Crippen LogP contribution in [0.1, 0.15) is 194 Å². The van der Waals surface area contributed by atoms with Crippen molar-refractivity contribution in [2.75, 3.05) is 26.4 Å². The van der Waals surface area contributed by atoms with E-state index >= 15 is 0 Å². The molecule has 0 aliphatic heterocycles. The lowest BCUT2D eigenvalue weighted by Crippen LogP contribution is -2.51. The highest BCUT2D eigenvalue weighted by molar-refractivity contribution is 5.01. The summed E-state index contributed by atoms with van der Waals surface area (Å²) in [5, 5.41) is 0. The second-order valence-corrected chi connectivity index (χ2v) is 20.0. The monoisotopic (exact) mass is 729 g/mol. The molecule has 0 aliphatic carbocycles. The minimum absolute atomic E-state index is 0.180. The zero-order valence-corrected chi connectivity index (χ0v) is 37.1. The van der Waals surface area contributed by atoms with Crippen molar-refractivity contribution in [2.45, 2.75) is 239 Å². The van der Waals surface area contributed by atoms with Gasteiger partial charge < -0.3 is 41.9 Å². The molecular weight excluding hydrogens is 636 g/mol. The smallest absolute Gasteiger partial charge is 0.0657 e. The molecule has 8 heteroatoms. The van der Waals surface area contributed by atoms with Crippen molar-refractivity contribution in [3.63, 3.8) is 0 Å². The van der Waals surface area contributed by atoms with E-state index in [4.69, 9.17) is 41.9 Å². The van der Waals surface area contributed by atoms with Gasteiger partial charge in [-0.05, 0) is 171 Å². The summed E-state index contributed by atoms with van der Waals surface area (Å²) in [7, 11) is 0. The van der Waals surface area contributed by atoms with Crippen molar-refractivity contribution in [3.05, 3.63) is 0 Å². The molecule has 8 nitrogen and oxygen atoms in total. The Labute approximate surface area is 318 Å². The highest BCUT2D eigenvalue weighted by Gasteiger charge is 2.50. The summed E-state index contributed by atoms with van der Waals surface area (Å²) in [4.78, 5) is 0. The van der Waals surface area contributed by atoms with E-state index in [1.54, 1.807) is 0 Å². The Hall–Kier alpha value is -0.320. The third-order valence-corrected chi connectivity index (χ3v) is 11.7. The number of hydrogen-bond acceptors (Lipinski definition) is 8. The molecular formula is C43H92N4O4. The number of hydrogen-bond donors (Lipinski definition) is 4. The van der Waals surface area contributed by atoms with Gasteiger partial charge in [0.25, 0.3) is 0 Å². The van der Waals surface area contributed by atoms with E-state index in [2.05, 4.69) is 111 Å². The van der Waals surface area contributed by atoms with Crippen LogP contribution in [0.25, 0.3) is 0 Å². The van der Waals surface area contributed by atoms with Gasteiger partial charge in [-0.3, -0.25) is 0 Å². The molecule has 0 aliphatic rings. The predicted octanol–water partition coefficient (Wildman–Crippen LogP) is 9.42. The minimum Gasteiger partial charge on any atom is -0.375 e. The summed E-state index contributed by atoms with van der Waals surface area (Å²) in [6.45, 7) is 37.6. The highest BCUT2D eigenvalue weighted by Crippen LogP contribution is 2.53. The summed E-state index contributed by atoms with van der Waals surface area (Å²) in [5.74, 6) is 0.461. The maximum atomic E-state index is 6.97. The van der Waals surface area contributed by atoms with Gasteiger partial charge in [-0.15, -0.1) is 0 Å². The average molecular weight is 729 g/mol. The molecule has 0 bridgehead atoms. The first-order chi connectivity index (χ1) is 23.0. The van der Waals surface area contributed by atoms with Crippen LogP contribution >= 0.6 is 0 Å². The number of nitrogens with two attached hydrogens (primary N) is 4. The van der Waals surface area contributed by atoms with Crippen LogP contribution in [0.3, 0.4) is 0 Å². The molecule has 0 aromatic carbocycles. The zero-order chi connectivity index (χ0) is 40.0. The van der Waals surface area contributed by atoms with Gasteiger partial charge in [-0.25, -0.2) is 0 Å². The van der Waals surface area contributed by atoms with Gasteiger partial charge in [0, 0.05) is 49.1 Å². The maximum absolute atomic E-state index is 6.97. The quantitative estimate of drug-likeness (QED) is 0.0536. The van der Waals surface area contributed by atoms with Crippen molar-refractivity contribution in [1.82, 2.24) is 0 Å². The van der Waals surface area contributed by atoms with Crippen LogP contribution in [-0.4, -0.2) is 71.5 Å². The van der Waals surface area contributed by atoms with Gasteiger partial charge in [0.2, 0.25) is 0 Å². The summed E-state index contributed by atoms with van der Waals surface area (Å²) in [6, 6.07) is 0.180. The van der Waals surface area contributed by atoms with Crippen LogP contribution in [0, 0.1) is 11.3 Å². The summed E-state index contributed by atoms with van der Waals surface area (Å²) >= 11 is 0. The third-order valence-electron chi connectivity index (χ3n) is 11.7. The Bertz CT molecular complexity index is 853. The molecule has 0 heterocycles. The molecule has 0 amide bonds. The van der Waals surface area contributed by atoms with Gasteiger partial charge >= 0.3 is 0 Å². The fourth-order valence-corrected chi connectivity index (χ4v) is 7.33. The fraction of sp³-hybridized carbons (Fsp3) is 1.00. The lowest BCUT2D eigenvalue weighted by atomic mass is 9.60. The van der Waals surface area contributed by atoms with Gasteiger partial charge in [0.05, 0.1) is 22.4 Å². The lowest BCUT2D eigenvalue weighted by Gasteiger charge is -2.52. The Morgan fingerprint density at radius 1 is 0.451 bits per heavy atom. The molecule has 0 rings (SSSR count). The van der Waals surface area contributed by atoms with Crippen molar-refractivity contribution >= 4 is 0 Å². The first-order valence-corrected chi connectivity index (χ1v) is 20.7. The largest absolute Gasteiger partial charge is 0.375 e. The first kappa shape index (κ1) is 50.7. The molecule has 8 N–H and O–H groups in total. The molecule has 0 aromatic rings. The summed E-state index contributed by atoms with van der Waals surface area (Å²) in [6.07, 6.45) is 11.4. The Kier molecular flexibility index (Phi) is 21.0. The summed E-state index contributed by atoms with van der Waals surface area (Å²) < 4.78 is 27.7. The van der Waals surface area contributed by atoms with E-state index in [1.165, 1.54) is 0 Å². The van der Waals surface area contributed by atoms with Crippen LogP contribution in [-0.2, 0) is 18.9 Å². The predicted molar refractivity (Wildman–Crippen MR) is 220 cm³/mol. The van der Waals surface area contributed by atoms with E-state index in [-0.39, 0.29) is 50.5 Å². The van der Waals surface area contributed by atoms with E-state index < -0.39 is 0 Å². The first-order valence-electron chi connectivity index (χ1n) is 20.7. The standard InChI is InChI=1S/C43H92N4O4/c1-17-39(13,48-26-21-22-34(5)35(6)44)30-43(31-40(14,18-2)49-27-23-36(7,8)45,32-41(15,19-3)50-28-24-37(9,10)46)33-42(16,20-4)51-29-25-38(11,12)47/h34-35H,17-33,44-47H2,1-16H3. The second-order valence-electron chi connectivity index (χ2n) is 20.0. The Morgan fingerprint density at radius 2 is 0.706 bits per heavy atom. The molecule has 0 saturated carbocycles. The van der Waals surface area contributed by atoms with Crippen molar-refractivity contribution in [2.24, 2.45) is 34.3 Å². The van der Waals surface area contributed by atoms with Crippen LogP contribution in [0.2, 0.25) is 0 Å². The topological polar surface area (TPSA) is 141 Å². The minimum atomic E-state index is -0.381. The van der Waals surface area contributed by atoms with Crippen LogP contribution in [0.4, 0.5) is 0 Å². The van der Waals surface area contributed by atoms with E-state index in [9.17, 15) is 0 Å². The number of rotatable bonds is 30. The van der Waals surface area contributed by atoms with Gasteiger partial charge in [-0.1, -0.05) is 34.6 Å². The number of ether oxygens (including phenoxy) is 4.